The van der Waals surface area contributed by atoms with Crippen molar-refractivity contribution in [2.24, 2.45) is 0 Å². The first kappa shape index (κ1) is 22.0. The molecule has 3 aromatic heterocycles. The molecule has 5 heterocycles. The molecular weight excluding hydrogens is 434 g/mol. The van der Waals surface area contributed by atoms with Gasteiger partial charge in [-0.2, -0.15) is 0 Å². The maximum Gasteiger partial charge on any atom is 0.227 e. The Hall–Kier alpha value is -3.51. The number of aryl methyl sites for hydroxylation is 2. The molecule has 6 rings (SSSR count). The minimum atomic E-state index is 0.179. The third-order valence-electron chi connectivity index (χ3n) is 7.55. The molecule has 1 unspecified atom stereocenters. The number of benzene rings is 1. The van der Waals surface area contributed by atoms with Crippen molar-refractivity contribution >= 4 is 16.9 Å². The molecule has 1 aromatic carbocycles. The van der Waals surface area contributed by atoms with E-state index in [1.807, 2.05) is 36.4 Å². The van der Waals surface area contributed by atoms with Crippen molar-refractivity contribution in [1.29, 1.82) is 0 Å². The molecule has 1 fully saturated rings. The molecule has 6 heteroatoms. The number of carbonyl (C=O) groups is 1. The number of hydrogen-bond donors (Lipinski definition) is 2. The maximum atomic E-state index is 13.2. The summed E-state index contributed by atoms with van der Waals surface area (Å²) in [5.74, 6) is 0.179. The molecule has 2 aliphatic rings. The van der Waals surface area contributed by atoms with Crippen LogP contribution in [0.5, 0.6) is 0 Å². The van der Waals surface area contributed by atoms with Crippen LogP contribution in [0.4, 0.5) is 0 Å². The zero-order valence-electron chi connectivity index (χ0n) is 20.4. The van der Waals surface area contributed by atoms with E-state index in [4.69, 9.17) is 0 Å². The molecule has 0 saturated carbocycles. The van der Waals surface area contributed by atoms with Gasteiger partial charge in [0, 0.05) is 54.4 Å². The summed E-state index contributed by atoms with van der Waals surface area (Å²) >= 11 is 0. The number of carbonyl (C=O) groups excluding carboxylic acids is 1. The maximum absolute atomic E-state index is 13.2. The predicted octanol–water partition coefficient (Wildman–Crippen LogP) is 4.79. The van der Waals surface area contributed by atoms with Crippen LogP contribution in [0.25, 0.3) is 22.2 Å². The van der Waals surface area contributed by atoms with Gasteiger partial charge in [0.2, 0.25) is 5.91 Å². The average molecular weight is 466 g/mol. The Morgan fingerprint density at radius 1 is 1.14 bits per heavy atom. The van der Waals surface area contributed by atoms with Gasteiger partial charge in [-0.25, -0.2) is 4.98 Å². The Bertz CT molecular complexity index is 1420. The summed E-state index contributed by atoms with van der Waals surface area (Å²) in [6.07, 6.45) is 9.44. The average Bonchev–Trinajstić information content (AvgIpc) is 3.53. The highest BCUT2D eigenvalue weighted by atomic mass is 16.2. The molecule has 2 aliphatic heterocycles. The highest BCUT2D eigenvalue weighted by Gasteiger charge is 2.27. The molecule has 2 N–H and O–H groups in total. The fourth-order valence-electron chi connectivity index (χ4n) is 5.67. The molecule has 4 aromatic rings. The van der Waals surface area contributed by atoms with Gasteiger partial charge < -0.3 is 15.2 Å². The SMILES string of the molecule is Cc1cc(CC(=O)N2CCc3c(cc(-c4cnc5[nH]cc(C)c5c4)cc3C3CCCN3)C2)ccn1. The Kier molecular flexibility index (Phi) is 5.61. The van der Waals surface area contributed by atoms with Gasteiger partial charge in [0.15, 0.2) is 0 Å². The van der Waals surface area contributed by atoms with E-state index in [-0.39, 0.29) is 5.91 Å². The van der Waals surface area contributed by atoms with Crippen LogP contribution in [0, 0.1) is 13.8 Å². The summed E-state index contributed by atoms with van der Waals surface area (Å²) in [6.45, 7) is 6.57. The number of pyridine rings is 2. The van der Waals surface area contributed by atoms with Crippen LogP contribution in [0.2, 0.25) is 0 Å². The van der Waals surface area contributed by atoms with E-state index >= 15 is 0 Å². The van der Waals surface area contributed by atoms with E-state index in [0.29, 0.717) is 19.0 Å². The molecular formula is C29H31N5O. The monoisotopic (exact) mass is 465 g/mol. The van der Waals surface area contributed by atoms with Gasteiger partial charge in [0.25, 0.3) is 0 Å². The van der Waals surface area contributed by atoms with Crippen LogP contribution in [0.1, 0.15) is 52.4 Å². The van der Waals surface area contributed by atoms with E-state index in [2.05, 4.69) is 45.4 Å². The fourth-order valence-corrected chi connectivity index (χ4v) is 5.67. The molecule has 1 saturated heterocycles. The summed E-state index contributed by atoms with van der Waals surface area (Å²) in [6, 6.07) is 11.2. The lowest BCUT2D eigenvalue weighted by atomic mass is 9.86. The zero-order chi connectivity index (χ0) is 23.9. The van der Waals surface area contributed by atoms with E-state index in [9.17, 15) is 4.79 Å². The van der Waals surface area contributed by atoms with Crippen molar-refractivity contribution in [3.8, 4) is 11.1 Å². The zero-order valence-corrected chi connectivity index (χ0v) is 20.4. The minimum Gasteiger partial charge on any atom is -0.346 e. The van der Waals surface area contributed by atoms with E-state index in [1.165, 1.54) is 34.2 Å². The number of rotatable bonds is 4. The third kappa shape index (κ3) is 4.23. The van der Waals surface area contributed by atoms with Crippen molar-refractivity contribution in [1.82, 2.24) is 25.2 Å². The molecule has 6 nitrogen and oxygen atoms in total. The van der Waals surface area contributed by atoms with Gasteiger partial charge in [0.05, 0.1) is 6.42 Å². The Morgan fingerprint density at radius 2 is 2.06 bits per heavy atom. The Morgan fingerprint density at radius 3 is 2.89 bits per heavy atom. The van der Waals surface area contributed by atoms with Crippen molar-refractivity contribution in [3.63, 3.8) is 0 Å². The van der Waals surface area contributed by atoms with Crippen LogP contribution in [0.3, 0.4) is 0 Å². The quantitative estimate of drug-likeness (QED) is 0.454. The first-order chi connectivity index (χ1) is 17.0. The second kappa shape index (κ2) is 8.93. The molecule has 35 heavy (non-hydrogen) atoms. The molecule has 0 bridgehead atoms. The third-order valence-corrected chi connectivity index (χ3v) is 7.55. The lowest BCUT2D eigenvalue weighted by Gasteiger charge is -2.32. The Balaban J connectivity index is 1.35. The van der Waals surface area contributed by atoms with E-state index in [0.717, 1.165) is 53.8 Å². The van der Waals surface area contributed by atoms with Gasteiger partial charge in [-0.05, 0) is 103 Å². The molecule has 1 amide bonds. The summed E-state index contributed by atoms with van der Waals surface area (Å²) in [5, 5.41) is 4.86. The number of amides is 1. The van der Waals surface area contributed by atoms with Crippen LogP contribution in [0.15, 0.2) is 48.9 Å². The van der Waals surface area contributed by atoms with Crippen molar-refractivity contribution < 1.29 is 4.79 Å². The number of nitrogens with zero attached hydrogens (tertiary/aromatic N) is 3. The second-order valence-corrected chi connectivity index (χ2v) is 9.99. The van der Waals surface area contributed by atoms with Gasteiger partial charge in [-0.3, -0.25) is 9.78 Å². The van der Waals surface area contributed by atoms with Crippen LogP contribution in [-0.4, -0.2) is 38.8 Å². The lowest BCUT2D eigenvalue weighted by molar-refractivity contribution is -0.131. The number of aromatic amines is 1. The molecule has 1 atom stereocenters. The molecule has 0 aliphatic carbocycles. The number of fused-ring (bicyclic) bond motifs is 2. The van der Waals surface area contributed by atoms with Crippen LogP contribution < -0.4 is 5.32 Å². The van der Waals surface area contributed by atoms with Crippen molar-refractivity contribution in [2.75, 3.05) is 13.1 Å². The van der Waals surface area contributed by atoms with Gasteiger partial charge in [-0.1, -0.05) is 0 Å². The summed E-state index contributed by atoms with van der Waals surface area (Å²) in [7, 11) is 0. The van der Waals surface area contributed by atoms with E-state index in [1.54, 1.807) is 6.20 Å². The van der Waals surface area contributed by atoms with Gasteiger partial charge in [0.1, 0.15) is 5.65 Å². The summed E-state index contributed by atoms with van der Waals surface area (Å²) in [5.41, 5.74) is 10.5. The number of aromatic nitrogens is 3. The first-order valence-corrected chi connectivity index (χ1v) is 12.6. The summed E-state index contributed by atoms with van der Waals surface area (Å²) < 4.78 is 0. The molecule has 0 spiro atoms. The largest absolute Gasteiger partial charge is 0.346 e. The van der Waals surface area contributed by atoms with Crippen LogP contribution in [-0.2, 0) is 24.2 Å². The van der Waals surface area contributed by atoms with Gasteiger partial charge >= 0.3 is 0 Å². The minimum absolute atomic E-state index is 0.179. The number of hydrogen-bond acceptors (Lipinski definition) is 4. The van der Waals surface area contributed by atoms with Crippen molar-refractivity contribution in [3.05, 3.63) is 82.4 Å². The van der Waals surface area contributed by atoms with Crippen molar-refractivity contribution in [2.45, 2.75) is 52.1 Å². The fraction of sp³-hybridized carbons (Fsp3) is 0.345. The second-order valence-electron chi connectivity index (χ2n) is 9.99. The highest BCUT2D eigenvalue weighted by molar-refractivity contribution is 5.85. The highest BCUT2D eigenvalue weighted by Crippen LogP contribution is 2.36. The molecule has 0 radical (unpaired) electrons. The van der Waals surface area contributed by atoms with Crippen LogP contribution >= 0.6 is 0 Å². The topological polar surface area (TPSA) is 73.9 Å². The number of nitrogens with one attached hydrogen (secondary N) is 2. The number of H-pyrrole nitrogens is 1. The van der Waals surface area contributed by atoms with Gasteiger partial charge in [-0.15, -0.1) is 0 Å². The molecule has 178 valence electrons. The summed E-state index contributed by atoms with van der Waals surface area (Å²) in [4.78, 5) is 27.4. The smallest absolute Gasteiger partial charge is 0.227 e. The normalized spacial score (nSPS) is 17.7. The van der Waals surface area contributed by atoms with E-state index < -0.39 is 0 Å². The first-order valence-electron chi connectivity index (χ1n) is 12.6. The Labute approximate surface area is 205 Å². The standard InChI is InChI=1S/C29H31N5O/c1-18-15-32-29-25(18)14-22(16-33-29)21-12-23-17-34(28(35)11-20-5-8-30-19(2)10-20)9-6-24(23)26(13-21)27-4-3-7-31-27/h5,8,10,12-16,27,31H,3-4,6-7,9,11,17H2,1-2H3,(H,32,33). The lowest BCUT2D eigenvalue weighted by Crippen LogP contribution is -2.37. The predicted molar refractivity (Wildman–Crippen MR) is 138 cm³/mol.